The van der Waals surface area contributed by atoms with Crippen LogP contribution >= 0.6 is 0 Å². The van der Waals surface area contributed by atoms with Crippen LogP contribution in [0.15, 0.2) is 18.3 Å². The molecule has 1 aromatic heterocycles. The summed E-state index contributed by atoms with van der Waals surface area (Å²) < 4.78 is 0. The third-order valence-electron chi connectivity index (χ3n) is 4.16. The van der Waals surface area contributed by atoms with Gasteiger partial charge in [0.05, 0.1) is 17.3 Å². The molecule has 1 atom stereocenters. The molecule has 1 fully saturated rings. The van der Waals surface area contributed by atoms with Crippen molar-refractivity contribution in [3.63, 3.8) is 0 Å². The quantitative estimate of drug-likeness (QED) is 0.894. The van der Waals surface area contributed by atoms with Crippen LogP contribution in [0.3, 0.4) is 0 Å². The van der Waals surface area contributed by atoms with Gasteiger partial charge in [0.2, 0.25) is 5.91 Å². The van der Waals surface area contributed by atoms with Crippen molar-refractivity contribution < 1.29 is 14.7 Å². The van der Waals surface area contributed by atoms with E-state index in [1.165, 1.54) is 18.7 Å². The molecule has 0 radical (unpaired) electrons. The van der Waals surface area contributed by atoms with Crippen LogP contribution in [-0.2, 0) is 11.3 Å². The second-order valence-electron chi connectivity index (χ2n) is 5.82. The number of hydrogen-bond donors (Lipinski definition) is 1. The van der Waals surface area contributed by atoms with Gasteiger partial charge in [-0.1, -0.05) is 0 Å². The molecular weight excluding hydrogens is 282 g/mol. The predicted molar refractivity (Wildman–Crippen MR) is 82.6 cm³/mol. The fraction of sp³-hybridized carbons (Fsp3) is 0.562. The number of carbonyl (C=O) groups excluding carboxylic acids is 1. The number of aromatic carboxylic acids is 1. The average Bonchev–Trinajstić information content (AvgIpc) is 2.54. The van der Waals surface area contributed by atoms with E-state index in [1.807, 2.05) is 23.8 Å². The second kappa shape index (κ2) is 7.35. The monoisotopic (exact) mass is 305 g/mol. The van der Waals surface area contributed by atoms with Crippen LogP contribution in [0.25, 0.3) is 0 Å². The molecule has 0 unspecified atom stereocenters. The van der Waals surface area contributed by atoms with Crippen molar-refractivity contribution in [1.82, 2.24) is 14.8 Å². The van der Waals surface area contributed by atoms with Crippen molar-refractivity contribution in [3.05, 3.63) is 29.6 Å². The number of hydrogen-bond acceptors (Lipinski definition) is 4. The van der Waals surface area contributed by atoms with Crippen molar-refractivity contribution in [1.29, 1.82) is 0 Å². The largest absolute Gasteiger partial charge is 0.478 e. The maximum Gasteiger partial charge on any atom is 0.335 e. The van der Waals surface area contributed by atoms with Gasteiger partial charge in [0.1, 0.15) is 0 Å². The minimum Gasteiger partial charge on any atom is -0.478 e. The Balaban J connectivity index is 1.98. The van der Waals surface area contributed by atoms with Crippen molar-refractivity contribution in [2.45, 2.75) is 38.8 Å². The van der Waals surface area contributed by atoms with E-state index >= 15 is 0 Å². The molecular formula is C16H23N3O3. The van der Waals surface area contributed by atoms with E-state index in [4.69, 9.17) is 5.11 Å². The molecule has 0 bridgehead atoms. The summed E-state index contributed by atoms with van der Waals surface area (Å²) in [5, 5.41) is 9.01. The summed E-state index contributed by atoms with van der Waals surface area (Å²) in [6, 6.07) is 2.78. The number of rotatable bonds is 5. The molecule has 2 rings (SSSR count). The molecule has 1 amide bonds. The van der Waals surface area contributed by atoms with Crippen LogP contribution in [0.2, 0.25) is 0 Å². The van der Waals surface area contributed by atoms with Crippen molar-refractivity contribution in [2.24, 2.45) is 0 Å². The lowest BCUT2D eigenvalue weighted by Crippen LogP contribution is -2.47. The Morgan fingerprint density at radius 1 is 1.36 bits per heavy atom. The fourth-order valence-corrected chi connectivity index (χ4v) is 2.66. The van der Waals surface area contributed by atoms with E-state index in [-0.39, 0.29) is 17.5 Å². The molecule has 1 N–H and O–H groups in total. The van der Waals surface area contributed by atoms with Crippen molar-refractivity contribution in [3.8, 4) is 0 Å². The molecule has 0 aromatic carbocycles. The van der Waals surface area contributed by atoms with Crippen molar-refractivity contribution in [2.75, 3.05) is 20.1 Å². The zero-order chi connectivity index (χ0) is 16.1. The number of likely N-dealkylation sites (N-methyl/N-ethyl adjacent to an activating group) is 1. The van der Waals surface area contributed by atoms with Gasteiger partial charge in [0, 0.05) is 25.8 Å². The first-order valence-corrected chi connectivity index (χ1v) is 7.66. The second-order valence-corrected chi connectivity index (χ2v) is 5.82. The molecule has 120 valence electrons. The molecule has 1 aliphatic heterocycles. The van der Waals surface area contributed by atoms with E-state index in [9.17, 15) is 9.59 Å². The van der Waals surface area contributed by atoms with Gasteiger partial charge in [0.15, 0.2) is 0 Å². The summed E-state index contributed by atoms with van der Waals surface area (Å²) in [6.07, 6.45) is 4.83. The summed E-state index contributed by atoms with van der Waals surface area (Å²) in [7, 11) is 1.86. The molecule has 6 nitrogen and oxygen atoms in total. The molecule has 1 saturated heterocycles. The van der Waals surface area contributed by atoms with Gasteiger partial charge in [-0.2, -0.15) is 0 Å². The van der Waals surface area contributed by atoms with E-state index in [1.54, 1.807) is 6.07 Å². The minimum atomic E-state index is -0.969. The number of aromatic nitrogens is 1. The Morgan fingerprint density at radius 2 is 2.05 bits per heavy atom. The van der Waals surface area contributed by atoms with Gasteiger partial charge in [-0.15, -0.1) is 0 Å². The van der Waals surface area contributed by atoms with Gasteiger partial charge < -0.3 is 10.0 Å². The molecule has 2 heterocycles. The summed E-state index contributed by atoms with van der Waals surface area (Å²) in [6.45, 7) is 4.01. The van der Waals surface area contributed by atoms with Crippen LogP contribution in [0.5, 0.6) is 0 Å². The molecule has 6 heteroatoms. The maximum absolute atomic E-state index is 12.5. The van der Waals surface area contributed by atoms with E-state index in [0.717, 1.165) is 25.9 Å². The Kier molecular flexibility index (Phi) is 5.49. The fourth-order valence-electron chi connectivity index (χ4n) is 2.66. The zero-order valence-corrected chi connectivity index (χ0v) is 13.2. The van der Waals surface area contributed by atoms with Crippen LogP contribution in [0.1, 0.15) is 42.2 Å². The van der Waals surface area contributed by atoms with E-state index in [2.05, 4.69) is 4.98 Å². The van der Waals surface area contributed by atoms with Crippen LogP contribution in [-0.4, -0.2) is 57.9 Å². The molecule has 22 heavy (non-hydrogen) atoms. The summed E-state index contributed by atoms with van der Waals surface area (Å²) in [5.74, 6) is -0.833. The van der Waals surface area contributed by atoms with Crippen LogP contribution in [0.4, 0.5) is 0 Å². The lowest BCUT2D eigenvalue weighted by Gasteiger charge is -2.32. The minimum absolute atomic E-state index is 0.136. The Hall–Kier alpha value is -1.95. The Bertz CT molecular complexity index is 541. The van der Waals surface area contributed by atoms with Gasteiger partial charge in [-0.25, -0.2) is 4.79 Å². The molecule has 0 saturated carbocycles. The highest BCUT2D eigenvalue weighted by Gasteiger charge is 2.25. The topological polar surface area (TPSA) is 73.7 Å². The highest BCUT2D eigenvalue weighted by Crippen LogP contribution is 2.13. The average molecular weight is 305 g/mol. The highest BCUT2D eigenvalue weighted by molar-refractivity contribution is 5.87. The lowest BCUT2D eigenvalue weighted by molar-refractivity contribution is -0.137. The summed E-state index contributed by atoms with van der Waals surface area (Å²) in [4.78, 5) is 31.5. The first-order valence-electron chi connectivity index (χ1n) is 7.66. The number of pyridine rings is 1. The van der Waals surface area contributed by atoms with E-state index < -0.39 is 5.97 Å². The number of amides is 1. The van der Waals surface area contributed by atoms with Gasteiger partial charge in [0.25, 0.3) is 0 Å². The lowest BCUT2D eigenvalue weighted by atomic mass is 10.1. The van der Waals surface area contributed by atoms with Crippen molar-refractivity contribution >= 4 is 11.9 Å². The normalized spacial score (nSPS) is 16.6. The number of carboxylic acid groups (broad SMARTS) is 1. The first kappa shape index (κ1) is 16.4. The summed E-state index contributed by atoms with van der Waals surface area (Å²) >= 11 is 0. The summed E-state index contributed by atoms with van der Waals surface area (Å²) in [5.41, 5.74) is 0.870. The van der Waals surface area contributed by atoms with Crippen LogP contribution < -0.4 is 0 Å². The predicted octanol–water partition coefficient (Wildman–Crippen LogP) is 1.61. The van der Waals surface area contributed by atoms with Gasteiger partial charge in [-0.05, 0) is 45.4 Å². The van der Waals surface area contributed by atoms with Gasteiger partial charge >= 0.3 is 5.97 Å². The third kappa shape index (κ3) is 4.04. The van der Waals surface area contributed by atoms with E-state index in [0.29, 0.717) is 12.2 Å². The number of nitrogens with zero attached hydrogens (tertiary/aromatic N) is 3. The molecule has 0 spiro atoms. The Morgan fingerprint density at radius 3 is 2.68 bits per heavy atom. The number of piperidine rings is 1. The highest BCUT2D eigenvalue weighted by atomic mass is 16.4. The maximum atomic E-state index is 12.5. The first-order chi connectivity index (χ1) is 10.5. The molecule has 1 aromatic rings. The number of carboxylic acids is 1. The third-order valence-corrected chi connectivity index (χ3v) is 4.16. The number of likely N-dealkylation sites (tertiary alicyclic amines) is 1. The standard InChI is InChI=1S/C16H23N3O3/c1-12(15(20)19-8-4-3-5-9-19)18(2)11-14-10-13(16(21)22)6-7-17-14/h6-7,10,12H,3-5,8-9,11H2,1-2H3,(H,21,22)/t12-/m0/s1. The smallest absolute Gasteiger partial charge is 0.335 e. The number of carbonyl (C=O) groups is 2. The molecule has 1 aliphatic rings. The Labute approximate surface area is 130 Å². The van der Waals surface area contributed by atoms with Crippen LogP contribution in [0, 0.1) is 0 Å². The zero-order valence-electron chi connectivity index (χ0n) is 13.2. The SMILES string of the molecule is C[C@@H](C(=O)N1CCCCC1)N(C)Cc1cc(C(=O)O)ccn1. The molecule has 0 aliphatic carbocycles. The van der Waals surface area contributed by atoms with Gasteiger partial charge in [-0.3, -0.25) is 14.7 Å².